The average molecular weight is 257 g/mol. The van der Waals surface area contributed by atoms with Crippen LogP contribution in [0.1, 0.15) is 22.8 Å². The van der Waals surface area contributed by atoms with Crippen molar-refractivity contribution < 1.29 is 9.90 Å². The van der Waals surface area contributed by atoms with Crippen molar-refractivity contribution in [2.45, 2.75) is 13.5 Å². The molecule has 1 N–H and O–H groups in total. The van der Waals surface area contributed by atoms with Crippen LogP contribution in [0.4, 0.5) is 0 Å². The van der Waals surface area contributed by atoms with Crippen molar-refractivity contribution in [1.29, 1.82) is 0 Å². The van der Waals surface area contributed by atoms with Crippen LogP contribution < -0.4 is 0 Å². The van der Waals surface area contributed by atoms with E-state index in [1.165, 1.54) is 18.5 Å². The SMILES string of the molecule is CCN(Cc1ccncc1)C(=O)c1ccncc1O. The molecule has 1 amide bonds. The maximum Gasteiger partial charge on any atom is 0.258 e. The van der Waals surface area contributed by atoms with Crippen LogP contribution >= 0.6 is 0 Å². The molecule has 0 aliphatic rings. The zero-order chi connectivity index (χ0) is 13.7. The summed E-state index contributed by atoms with van der Waals surface area (Å²) >= 11 is 0. The third-order valence-electron chi connectivity index (χ3n) is 2.82. The molecule has 2 rings (SSSR count). The summed E-state index contributed by atoms with van der Waals surface area (Å²) in [4.78, 5) is 21.7. The van der Waals surface area contributed by atoms with Gasteiger partial charge in [-0.1, -0.05) is 0 Å². The highest BCUT2D eigenvalue weighted by Gasteiger charge is 2.17. The minimum absolute atomic E-state index is 0.0966. The highest BCUT2D eigenvalue weighted by atomic mass is 16.3. The van der Waals surface area contributed by atoms with E-state index >= 15 is 0 Å². The van der Waals surface area contributed by atoms with Gasteiger partial charge >= 0.3 is 0 Å². The molecule has 0 atom stereocenters. The molecule has 5 heteroatoms. The third-order valence-corrected chi connectivity index (χ3v) is 2.82. The lowest BCUT2D eigenvalue weighted by Gasteiger charge is -2.21. The van der Waals surface area contributed by atoms with Crippen LogP contribution in [-0.2, 0) is 6.54 Å². The number of carbonyl (C=O) groups is 1. The Morgan fingerprint density at radius 2 is 1.89 bits per heavy atom. The van der Waals surface area contributed by atoms with Gasteiger partial charge in [-0.25, -0.2) is 0 Å². The molecule has 0 aliphatic carbocycles. The van der Waals surface area contributed by atoms with E-state index in [2.05, 4.69) is 9.97 Å². The van der Waals surface area contributed by atoms with E-state index in [1.807, 2.05) is 19.1 Å². The zero-order valence-corrected chi connectivity index (χ0v) is 10.7. The number of hydrogen-bond acceptors (Lipinski definition) is 4. The lowest BCUT2D eigenvalue weighted by Crippen LogP contribution is -2.30. The Morgan fingerprint density at radius 1 is 1.21 bits per heavy atom. The number of carbonyl (C=O) groups excluding carboxylic acids is 1. The summed E-state index contributed by atoms with van der Waals surface area (Å²) in [5.74, 6) is -0.306. The summed E-state index contributed by atoms with van der Waals surface area (Å²) in [6.07, 6.45) is 6.15. The maximum atomic E-state index is 12.3. The topological polar surface area (TPSA) is 66.3 Å². The molecule has 0 saturated heterocycles. The fourth-order valence-corrected chi connectivity index (χ4v) is 1.77. The predicted molar refractivity (Wildman–Crippen MR) is 70.6 cm³/mol. The molecule has 0 radical (unpaired) electrons. The fraction of sp³-hybridized carbons (Fsp3) is 0.214. The molecular weight excluding hydrogens is 242 g/mol. The molecule has 2 aromatic rings. The van der Waals surface area contributed by atoms with Gasteiger partial charge in [-0.2, -0.15) is 0 Å². The van der Waals surface area contributed by atoms with Gasteiger partial charge in [0.25, 0.3) is 5.91 Å². The van der Waals surface area contributed by atoms with Gasteiger partial charge in [-0.05, 0) is 30.7 Å². The van der Waals surface area contributed by atoms with E-state index in [4.69, 9.17) is 0 Å². The van der Waals surface area contributed by atoms with Gasteiger partial charge in [0, 0.05) is 31.7 Å². The molecule has 2 heterocycles. The van der Waals surface area contributed by atoms with Crippen LogP contribution in [0.25, 0.3) is 0 Å². The summed E-state index contributed by atoms with van der Waals surface area (Å²) in [7, 11) is 0. The average Bonchev–Trinajstić information content (AvgIpc) is 2.46. The summed E-state index contributed by atoms with van der Waals surface area (Å²) in [6, 6.07) is 5.25. The molecule has 5 nitrogen and oxygen atoms in total. The summed E-state index contributed by atoms with van der Waals surface area (Å²) in [5.41, 5.74) is 1.27. The lowest BCUT2D eigenvalue weighted by atomic mass is 10.2. The van der Waals surface area contributed by atoms with E-state index in [0.717, 1.165) is 5.56 Å². The van der Waals surface area contributed by atoms with Crippen LogP contribution in [0.15, 0.2) is 43.0 Å². The molecular formula is C14H15N3O2. The first-order chi connectivity index (χ1) is 9.22. The van der Waals surface area contributed by atoms with E-state index in [-0.39, 0.29) is 17.2 Å². The van der Waals surface area contributed by atoms with Crippen molar-refractivity contribution in [2.24, 2.45) is 0 Å². The number of hydrogen-bond donors (Lipinski definition) is 1. The standard InChI is InChI=1S/C14H15N3O2/c1-2-17(10-11-3-6-15-7-4-11)14(19)12-5-8-16-9-13(12)18/h3-9,18H,2,10H2,1H3. The highest BCUT2D eigenvalue weighted by Crippen LogP contribution is 2.17. The van der Waals surface area contributed by atoms with Crippen molar-refractivity contribution in [2.75, 3.05) is 6.54 Å². The van der Waals surface area contributed by atoms with Crippen molar-refractivity contribution in [1.82, 2.24) is 14.9 Å². The van der Waals surface area contributed by atoms with Crippen molar-refractivity contribution in [3.8, 4) is 5.75 Å². The van der Waals surface area contributed by atoms with E-state index in [0.29, 0.717) is 13.1 Å². The Hall–Kier alpha value is -2.43. The van der Waals surface area contributed by atoms with Crippen LogP contribution in [0.3, 0.4) is 0 Å². The van der Waals surface area contributed by atoms with Crippen LogP contribution in [-0.4, -0.2) is 32.4 Å². The Balaban J connectivity index is 2.18. The van der Waals surface area contributed by atoms with Crippen LogP contribution in [0, 0.1) is 0 Å². The molecule has 0 bridgehead atoms. The predicted octanol–water partition coefficient (Wildman–Crippen LogP) is 1.84. The number of aromatic nitrogens is 2. The van der Waals surface area contributed by atoms with Crippen LogP contribution in [0.5, 0.6) is 5.75 Å². The second-order valence-electron chi connectivity index (χ2n) is 4.07. The molecule has 98 valence electrons. The molecule has 0 aliphatic heterocycles. The number of aromatic hydroxyl groups is 1. The van der Waals surface area contributed by atoms with Gasteiger partial charge in [0.05, 0.1) is 11.8 Å². The number of pyridine rings is 2. The lowest BCUT2D eigenvalue weighted by molar-refractivity contribution is 0.0749. The minimum Gasteiger partial charge on any atom is -0.505 e. The Kier molecular flexibility index (Phi) is 4.07. The fourth-order valence-electron chi connectivity index (χ4n) is 1.77. The van der Waals surface area contributed by atoms with Gasteiger partial charge in [0.15, 0.2) is 0 Å². The van der Waals surface area contributed by atoms with Crippen LogP contribution in [0.2, 0.25) is 0 Å². The van der Waals surface area contributed by atoms with E-state index in [9.17, 15) is 9.90 Å². The maximum absolute atomic E-state index is 12.3. The van der Waals surface area contributed by atoms with Crippen molar-refractivity contribution in [3.63, 3.8) is 0 Å². The first kappa shape index (κ1) is 13.0. The summed E-state index contributed by atoms with van der Waals surface area (Å²) < 4.78 is 0. The Bertz CT molecular complexity index is 558. The molecule has 19 heavy (non-hydrogen) atoms. The number of nitrogens with zero attached hydrogens (tertiary/aromatic N) is 3. The number of amides is 1. The molecule has 0 unspecified atom stereocenters. The normalized spacial score (nSPS) is 10.2. The Morgan fingerprint density at radius 3 is 2.53 bits per heavy atom. The van der Waals surface area contributed by atoms with Crippen molar-refractivity contribution in [3.05, 3.63) is 54.1 Å². The second-order valence-corrected chi connectivity index (χ2v) is 4.07. The Labute approximate surface area is 111 Å². The second kappa shape index (κ2) is 5.95. The highest BCUT2D eigenvalue weighted by molar-refractivity contribution is 5.96. The molecule has 0 aromatic carbocycles. The largest absolute Gasteiger partial charge is 0.505 e. The molecule has 2 aromatic heterocycles. The monoisotopic (exact) mass is 257 g/mol. The first-order valence-corrected chi connectivity index (χ1v) is 6.03. The number of rotatable bonds is 4. The van der Waals surface area contributed by atoms with Crippen molar-refractivity contribution >= 4 is 5.91 Å². The quantitative estimate of drug-likeness (QED) is 0.907. The molecule has 0 saturated carbocycles. The zero-order valence-electron chi connectivity index (χ0n) is 10.7. The summed E-state index contributed by atoms with van der Waals surface area (Å²) in [5, 5.41) is 9.67. The summed E-state index contributed by atoms with van der Waals surface area (Å²) in [6.45, 7) is 2.94. The minimum atomic E-state index is -0.209. The van der Waals surface area contributed by atoms with Gasteiger partial charge in [0.1, 0.15) is 5.75 Å². The van der Waals surface area contributed by atoms with E-state index in [1.54, 1.807) is 17.3 Å². The van der Waals surface area contributed by atoms with Gasteiger partial charge in [-0.3, -0.25) is 14.8 Å². The van der Waals surface area contributed by atoms with Gasteiger partial charge in [-0.15, -0.1) is 0 Å². The molecule has 0 fully saturated rings. The van der Waals surface area contributed by atoms with Gasteiger partial charge < -0.3 is 10.0 Å². The third kappa shape index (κ3) is 3.07. The van der Waals surface area contributed by atoms with E-state index < -0.39 is 0 Å². The molecule has 0 spiro atoms. The first-order valence-electron chi connectivity index (χ1n) is 6.03. The smallest absolute Gasteiger partial charge is 0.258 e. The van der Waals surface area contributed by atoms with Gasteiger partial charge in [0.2, 0.25) is 0 Å².